The van der Waals surface area contributed by atoms with Gasteiger partial charge in [0, 0.05) is 0 Å². The lowest BCUT2D eigenvalue weighted by Gasteiger charge is -2.13. The first-order chi connectivity index (χ1) is 3.98. The topological polar surface area (TPSA) is 20.2 Å². The van der Waals surface area contributed by atoms with Crippen molar-refractivity contribution in [2.75, 3.05) is 0 Å². The third kappa shape index (κ3) is 3.65. The molecule has 0 fully saturated rings. The summed E-state index contributed by atoms with van der Waals surface area (Å²) < 4.78 is 23.6. The maximum atomic E-state index is 11.8. The second-order valence-corrected chi connectivity index (χ2v) is 2.35. The van der Waals surface area contributed by atoms with Gasteiger partial charge in [-0.25, -0.2) is 0 Å². The highest BCUT2D eigenvalue weighted by molar-refractivity contribution is 6.22. The number of aliphatic hydroxyl groups excluding tert-OH is 1. The summed E-state index contributed by atoms with van der Waals surface area (Å²) in [5, 5.41) is 5.04. The monoisotopic (exact) mass is 158 g/mol. The lowest BCUT2D eigenvalue weighted by molar-refractivity contribution is -0.0444. The molecule has 0 aromatic carbocycles. The minimum atomic E-state index is -3.46. The second-order valence-electron chi connectivity index (χ2n) is 1.85. The molecule has 0 saturated carbocycles. The highest BCUT2D eigenvalue weighted by atomic mass is 35.5. The van der Waals surface area contributed by atoms with Gasteiger partial charge in [-0.3, -0.25) is 0 Å². The predicted molar refractivity (Wildman–Crippen MR) is 31.7 cm³/mol. The molecule has 1 N–H and O–H groups in total. The smallest absolute Gasteiger partial charge is 0.347 e. The maximum Gasteiger partial charge on any atom is 0.347 e. The highest BCUT2D eigenvalue weighted by Gasteiger charge is 2.34. The first kappa shape index (κ1) is 9.11. The third-order valence-corrected chi connectivity index (χ3v) is 1.19. The van der Waals surface area contributed by atoms with Crippen LogP contribution in [0.4, 0.5) is 8.78 Å². The molecule has 0 aromatic heterocycles. The van der Waals surface area contributed by atoms with E-state index in [1.165, 1.54) is 0 Å². The largest absolute Gasteiger partial charge is 0.385 e. The van der Waals surface area contributed by atoms with Crippen LogP contribution in [-0.2, 0) is 0 Å². The summed E-state index contributed by atoms with van der Waals surface area (Å²) in [6.07, 6.45) is -1.16. The maximum absolute atomic E-state index is 11.8. The summed E-state index contributed by atoms with van der Waals surface area (Å²) in [6.45, 7) is 1.70. The van der Waals surface area contributed by atoms with E-state index in [4.69, 9.17) is 5.11 Å². The standard InChI is InChI=1S/C5H9ClF2O/c1-2-3-4(9)5(6,7)8/h4,9H,2-3H2,1H3. The van der Waals surface area contributed by atoms with Gasteiger partial charge in [0.2, 0.25) is 0 Å². The van der Waals surface area contributed by atoms with E-state index in [-0.39, 0.29) is 6.42 Å². The van der Waals surface area contributed by atoms with Gasteiger partial charge in [0.15, 0.2) is 0 Å². The van der Waals surface area contributed by atoms with E-state index in [9.17, 15) is 8.78 Å². The average molecular weight is 159 g/mol. The Balaban J connectivity index is 3.59. The van der Waals surface area contributed by atoms with Crippen LogP contribution in [0.1, 0.15) is 19.8 Å². The van der Waals surface area contributed by atoms with Gasteiger partial charge in [-0.05, 0) is 18.0 Å². The van der Waals surface area contributed by atoms with Gasteiger partial charge in [0.1, 0.15) is 6.10 Å². The third-order valence-electron chi connectivity index (χ3n) is 0.940. The van der Waals surface area contributed by atoms with Crippen molar-refractivity contribution in [3.8, 4) is 0 Å². The van der Waals surface area contributed by atoms with Gasteiger partial charge in [-0.1, -0.05) is 13.3 Å². The van der Waals surface area contributed by atoms with Crippen molar-refractivity contribution in [3.05, 3.63) is 0 Å². The molecule has 0 aliphatic heterocycles. The molecule has 4 heteroatoms. The van der Waals surface area contributed by atoms with E-state index in [0.717, 1.165) is 0 Å². The number of rotatable bonds is 3. The molecule has 0 heterocycles. The summed E-state index contributed by atoms with van der Waals surface area (Å²) in [7, 11) is 0. The molecule has 0 aliphatic rings. The zero-order chi connectivity index (χ0) is 7.49. The Morgan fingerprint density at radius 2 is 2.11 bits per heavy atom. The summed E-state index contributed by atoms with van der Waals surface area (Å²) in [5.41, 5.74) is 0. The van der Waals surface area contributed by atoms with Crippen molar-refractivity contribution >= 4 is 11.6 Å². The zero-order valence-corrected chi connectivity index (χ0v) is 5.83. The van der Waals surface area contributed by atoms with Crippen molar-refractivity contribution in [1.82, 2.24) is 0 Å². The van der Waals surface area contributed by atoms with Crippen LogP contribution in [0.5, 0.6) is 0 Å². The number of alkyl halides is 3. The Bertz CT molecular complexity index is 81.5. The lowest BCUT2D eigenvalue weighted by atomic mass is 10.2. The fourth-order valence-corrected chi connectivity index (χ4v) is 0.546. The average Bonchev–Trinajstić information content (AvgIpc) is 1.64. The van der Waals surface area contributed by atoms with Gasteiger partial charge < -0.3 is 5.11 Å². The van der Waals surface area contributed by atoms with E-state index < -0.39 is 11.5 Å². The van der Waals surface area contributed by atoms with Crippen molar-refractivity contribution in [3.63, 3.8) is 0 Å². The summed E-state index contributed by atoms with van der Waals surface area (Å²) in [4.78, 5) is 0. The predicted octanol–water partition coefficient (Wildman–Crippen LogP) is 1.98. The first-order valence-electron chi connectivity index (χ1n) is 2.73. The number of hydrogen-bond acceptors (Lipinski definition) is 1. The van der Waals surface area contributed by atoms with Crippen LogP contribution in [0.3, 0.4) is 0 Å². The number of halogens is 3. The Labute approximate surface area is 57.6 Å². The molecule has 9 heavy (non-hydrogen) atoms. The molecule has 0 rings (SSSR count). The fourth-order valence-electron chi connectivity index (χ4n) is 0.437. The molecule has 56 valence electrons. The molecule has 0 bridgehead atoms. The summed E-state index contributed by atoms with van der Waals surface area (Å²) >= 11 is 4.48. The van der Waals surface area contributed by atoms with Crippen molar-refractivity contribution in [2.24, 2.45) is 0 Å². The Hall–Kier alpha value is 0.110. The van der Waals surface area contributed by atoms with Gasteiger partial charge >= 0.3 is 5.38 Å². The van der Waals surface area contributed by atoms with Crippen molar-refractivity contribution in [1.29, 1.82) is 0 Å². The number of hydrogen-bond donors (Lipinski definition) is 1. The quantitative estimate of drug-likeness (QED) is 0.623. The van der Waals surface area contributed by atoms with Crippen molar-refractivity contribution < 1.29 is 13.9 Å². The molecule has 1 atom stereocenters. The van der Waals surface area contributed by atoms with Gasteiger partial charge in [-0.2, -0.15) is 8.78 Å². The molecule has 0 spiro atoms. The van der Waals surface area contributed by atoms with Crippen molar-refractivity contribution in [2.45, 2.75) is 31.3 Å². The molecule has 0 saturated heterocycles. The normalized spacial score (nSPS) is 15.7. The molecule has 1 nitrogen and oxygen atoms in total. The Morgan fingerprint density at radius 1 is 1.67 bits per heavy atom. The van der Waals surface area contributed by atoms with Crippen LogP contribution in [0, 0.1) is 0 Å². The molecule has 0 radical (unpaired) electrons. The molecule has 0 aromatic rings. The van der Waals surface area contributed by atoms with Crippen LogP contribution in [0.25, 0.3) is 0 Å². The second kappa shape index (κ2) is 3.32. The molecular weight excluding hydrogens is 150 g/mol. The number of aliphatic hydroxyl groups is 1. The molecule has 0 aliphatic carbocycles. The van der Waals surface area contributed by atoms with Gasteiger partial charge in [0.05, 0.1) is 0 Å². The van der Waals surface area contributed by atoms with Crippen LogP contribution in [0.2, 0.25) is 0 Å². The van der Waals surface area contributed by atoms with E-state index in [1.54, 1.807) is 6.92 Å². The summed E-state index contributed by atoms with van der Waals surface area (Å²) in [6, 6.07) is 0. The fraction of sp³-hybridized carbons (Fsp3) is 1.00. The summed E-state index contributed by atoms with van der Waals surface area (Å²) in [5.74, 6) is 0. The van der Waals surface area contributed by atoms with E-state index in [0.29, 0.717) is 6.42 Å². The van der Waals surface area contributed by atoms with Crippen LogP contribution >= 0.6 is 11.6 Å². The SMILES string of the molecule is CCCC(O)C(F)(F)Cl. The Kier molecular flexibility index (Phi) is 3.36. The minimum absolute atomic E-state index is 0.0382. The van der Waals surface area contributed by atoms with E-state index >= 15 is 0 Å². The minimum Gasteiger partial charge on any atom is -0.385 e. The molecule has 1 unspecified atom stereocenters. The van der Waals surface area contributed by atoms with Crippen LogP contribution in [0.15, 0.2) is 0 Å². The molecule has 0 amide bonds. The van der Waals surface area contributed by atoms with E-state index in [1.807, 2.05) is 0 Å². The van der Waals surface area contributed by atoms with Gasteiger partial charge in [-0.15, -0.1) is 0 Å². The van der Waals surface area contributed by atoms with Gasteiger partial charge in [0.25, 0.3) is 0 Å². The zero-order valence-electron chi connectivity index (χ0n) is 5.07. The highest BCUT2D eigenvalue weighted by Crippen LogP contribution is 2.25. The Morgan fingerprint density at radius 3 is 2.22 bits per heavy atom. The molecular formula is C5H9ClF2O. The first-order valence-corrected chi connectivity index (χ1v) is 3.11. The lowest BCUT2D eigenvalue weighted by Crippen LogP contribution is -2.26. The van der Waals surface area contributed by atoms with Crippen LogP contribution in [-0.4, -0.2) is 16.6 Å². The van der Waals surface area contributed by atoms with Crippen LogP contribution < -0.4 is 0 Å². The van der Waals surface area contributed by atoms with E-state index in [2.05, 4.69) is 11.6 Å².